The highest BCUT2D eigenvalue weighted by Crippen LogP contribution is 2.13. The van der Waals surface area contributed by atoms with E-state index in [-0.39, 0.29) is 11.8 Å². The average molecular weight is 316 g/mol. The molecule has 0 aliphatic carbocycles. The Hall–Kier alpha value is -2.33. The van der Waals surface area contributed by atoms with Crippen molar-refractivity contribution in [2.45, 2.75) is 6.42 Å². The lowest BCUT2D eigenvalue weighted by Gasteiger charge is -2.06. The number of halogens is 1. The Morgan fingerprint density at radius 2 is 1.77 bits per heavy atom. The van der Waals surface area contributed by atoms with Crippen LogP contribution in [0.3, 0.4) is 0 Å². The van der Waals surface area contributed by atoms with Gasteiger partial charge in [-0.05, 0) is 36.2 Å². The molecule has 0 fully saturated rings. The van der Waals surface area contributed by atoms with Gasteiger partial charge in [-0.1, -0.05) is 30.3 Å². The Balaban J connectivity index is 1.87. The number of aliphatic imine (C=N–C) groups is 1. The summed E-state index contributed by atoms with van der Waals surface area (Å²) in [4.78, 5) is 16.1. The maximum Gasteiger partial charge on any atom is 0.251 e. The molecule has 0 saturated carbocycles. The number of nitrogens with two attached hydrogens (primary N) is 1. The molecule has 4 nitrogen and oxygen atoms in total. The van der Waals surface area contributed by atoms with Gasteiger partial charge in [-0.25, -0.2) is 4.99 Å². The number of nitrogens with one attached hydrogen (secondary N) is 1. The normalized spacial score (nSPS) is 11.2. The van der Waals surface area contributed by atoms with Crippen molar-refractivity contribution in [3.8, 4) is 0 Å². The highest BCUT2D eigenvalue weighted by Gasteiger charge is 2.04. The van der Waals surface area contributed by atoms with Gasteiger partial charge in [0.15, 0.2) is 0 Å². The van der Waals surface area contributed by atoms with Crippen molar-refractivity contribution in [2.24, 2.45) is 10.7 Å². The highest BCUT2D eigenvalue weighted by molar-refractivity contribution is 6.28. The van der Waals surface area contributed by atoms with Gasteiger partial charge in [0, 0.05) is 12.1 Å². The molecular formula is C17H18ClN3O. The molecule has 1 amide bonds. The maximum atomic E-state index is 12.0. The minimum atomic E-state index is -0.100. The third kappa shape index (κ3) is 4.90. The number of rotatable bonds is 6. The third-order valence-corrected chi connectivity index (χ3v) is 3.35. The fraction of sp³-hybridized carbons (Fsp3) is 0.176. The Labute approximate surface area is 135 Å². The molecule has 2 aromatic rings. The molecule has 0 aliphatic rings. The molecule has 22 heavy (non-hydrogen) atoms. The topological polar surface area (TPSA) is 67.5 Å². The van der Waals surface area contributed by atoms with Gasteiger partial charge in [0.1, 0.15) is 5.84 Å². The van der Waals surface area contributed by atoms with E-state index in [2.05, 4.69) is 10.3 Å². The summed E-state index contributed by atoms with van der Waals surface area (Å²) in [5, 5.41) is 2.90. The van der Waals surface area contributed by atoms with Crippen LogP contribution >= 0.6 is 11.6 Å². The van der Waals surface area contributed by atoms with E-state index < -0.39 is 0 Å². The van der Waals surface area contributed by atoms with E-state index in [9.17, 15) is 4.79 Å². The van der Waals surface area contributed by atoms with E-state index >= 15 is 0 Å². The molecular weight excluding hydrogens is 298 g/mol. The quantitative estimate of drug-likeness (QED) is 0.489. The van der Waals surface area contributed by atoms with E-state index in [1.165, 1.54) is 5.56 Å². The predicted molar refractivity (Wildman–Crippen MR) is 90.9 cm³/mol. The van der Waals surface area contributed by atoms with Crippen molar-refractivity contribution >= 4 is 29.0 Å². The second-order valence-corrected chi connectivity index (χ2v) is 5.04. The molecule has 0 bridgehead atoms. The van der Waals surface area contributed by atoms with Gasteiger partial charge >= 0.3 is 0 Å². The first-order valence-electron chi connectivity index (χ1n) is 7.00. The molecule has 0 atom stereocenters. The van der Waals surface area contributed by atoms with Gasteiger partial charge in [0.05, 0.1) is 11.6 Å². The number of hydrogen-bond acceptors (Lipinski definition) is 2. The van der Waals surface area contributed by atoms with Crippen molar-refractivity contribution in [3.63, 3.8) is 0 Å². The fourth-order valence-corrected chi connectivity index (χ4v) is 2.01. The Kier molecular flexibility index (Phi) is 5.98. The molecule has 0 aromatic heterocycles. The monoisotopic (exact) mass is 315 g/mol. The van der Waals surface area contributed by atoms with Crippen LogP contribution in [0.25, 0.3) is 0 Å². The maximum absolute atomic E-state index is 12.0. The van der Waals surface area contributed by atoms with Gasteiger partial charge < -0.3 is 11.1 Å². The SMILES string of the molecule is NC(CCl)=Nc1ccc(C(=O)NCCc2ccccc2)cc1. The van der Waals surface area contributed by atoms with Crippen molar-refractivity contribution in [1.29, 1.82) is 0 Å². The lowest BCUT2D eigenvalue weighted by molar-refractivity contribution is 0.0954. The van der Waals surface area contributed by atoms with Crippen LogP contribution in [0.2, 0.25) is 0 Å². The van der Waals surface area contributed by atoms with Crippen LogP contribution in [0.1, 0.15) is 15.9 Å². The number of hydrogen-bond donors (Lipinski definition) is 2. The lowest BCUT2D eigenvalue weighted by Crippen LogP contribution is -2.25. The number of carbonyl (C=O) groups is 1. The molecule has 0 unspecified atom stereocenters. The Morgan fingerprint density at radius 3 is 2.41 bits per heavy atom. The van der Waals surface area contributed by atoms with E-state index in [1.54, 1.807) is 24.3 Å². The second-order valence-electron chi connectivity index (χ2n) is 4.78. The summed E-state index contributed by atoms with van der Waals surface area (Å²) in [6, 6.07) is 17.0. The molecule has 5 heteroatoms. The second kappa shape index (κ2) is 8.20. The van der Waals surface area contributed by atoms with E-state index in [0.717, 1.165) is 6.42 Å². The first kappa shape index (κ1) is 16.0. The van der Waals surface area contributed by atoms with Gasteiger partial charge in [-0.15, -0.1) is 11.6 Å². The van der Waals surface area contributed by atoms with Crippen LogP contribution in [0, 0.1) is 0 Å². The standard InChI is InChI=1S/C17H18ClN3O/c18-12-16(19)21-15-8-6-14(7-9-15)17(22)20-11-10-13-4-2-1-3-5-13/h1-9H,10-12H2,(H2,19,21)(H,20,22). The van der Waals surface area contributed by atoms with Gasteiger partial charge in [-0.3, -0.25) is 4.79 Å². The smallest absolute Gasteiger partial charge is 0.251 e. The van der Waals surface area contributed by atoms with Gasteiger partial charge in [0.25, 0.3) is 5.91 Å². The largest absolute Gasteiger partial charge is 0.386 e. The van der Waals surface area contributed by atoms with Crippen molar-refractivity contribution < 1.29 is 4.79 Å². The number of carbonyl (C=O) groups excluding carboxylic acids is 1. The number of amidine groups is 1. The zero-order chi connectivity index (χ0) is 15.8. The highest BCUT2D eigenvalue weighted by atomic mass is 35.5. The zero-order valence-electron chi connectivity index (χ0n) is 12.1. The molecule has 0 heterocycles. The molecule has 0 spiro atoms. The molecule has 114 valence electrons. The molecule has 0 saturated heterocycles. The third-order valence-electron chi connectivity index (χ3n) is 3.08. The van der Waals surface area contributed by atoms with Crippen molar-refractivity contribution in [2.75, 3.05) is 12.4 Å². The van der Waals surface area contributed by atoms with E-state index in [4.69, 9.17) is 17.3 Å². The van der Waals surface area contributed by atoms with Crippen LogP contribution in [-0.2, 0) is 6.42 Å². The average Bonchev–Trinajstić information content (AvgIpc) is 2.56. The van der Waals surface area contributed by atoms with Crippen molar-refractivity contribution in [3.05, 3.63) is 65.7 Å². The summed E-state index contributed by atoms with van der Waals surface area (Å²) in [5.41, 5.74) is 8.03. The number of amides is 1. The van der Waals surface area contributed by atoms with Gasteiger partial charge in [-0.2, -0.15) is 0 Å². The molecule has 0 aliphatic heterocycles. The molecule has 2 rings (SSSR count). The summed E-state index contributed by atoms with van der Waals surface area (Å²) in [5.74, 6) is 0.431. The minimum absolute atomic E-state index is 0.100. The van der Waals surface area contributed by atoms with E-state index in [1.807, 2.05) is 30.3 Å². The minimum Gasteiger partial charge on any atom is -0.386 e. The predicted octanol–water partition coefficient (Wildman–Crippen LogP) is 2.89. The van der Waals surface area contributed by atoms with Crippen LogP contribution < -0.4 is 11.1 Å². The Bertz CT molecular complexity index is 639. The summed E-state index contributed by atoms with van der Waals surface area (Å²) in [6.07, 6.45) is 0.807. The molecule has 2 aromatic carbocycles. The molecule has 0 radical (unpaired) electrons. The van der Waals surface area contributed by atoms with Crippen LogP contribution in [-0.4, -0.2) is 24.2 Å². The zero-order valence-corrected chi connectivity index (χ0v) is 12.9. The number of nitrogens with zero attached hydrogens (tertiary/aromatic N) is 1. The fourth-order valence-electron chi connectivity index (χ4n) is 1.95. The first-order valence-corrected chi connectivity index (χ1v) is 7.53. The first-order chi connectivity index (χ1) is 10.7. The number of benzene rings is 2. The van der Waals surface area contributed by atoms with Gasteiger partial charge in [0.2, 0.25) is 0 Å². The van der Waals surface area contributed by atoms with Crippen LogP contribution in [0.15, 0.2) is 59.6 Å². The van der Waals surface area contributed by atoms with Crippen LogP contribution in [0.5, 0.6) is 0 Å². The molecule has 3 N–H and O–H groups in total. The van der Waals surface area contributed by atoms with Crippen molar-refractivity contribution in [1.82, 2.24) is 5.32 Å². The number of alkyl halides is 1. The summed E-state index contributed by atoms with van der Waals surface area (Å²) in [7, 11) is 0. The van der Waals surface area contributed by atoms with Crippen LogP contribution in [0.4, 0.5) is 5.69 Å². The summed E-state index contributed by atoms with van der Waals surface area (Å²) in [6.45, 7) is 0.599. The summed E-state index contributed by atoms with van der Waals surface area (Å²) >= 11 is 5.57. The Morgan fingerprint density at radius 1 is 1.09 bits per heavy atom. The summed E-state index contributed by atoms with van der Waals surface area (Å²) < 4.78 is 0. The lowest BCUT2D eigenvalue weighted by atomic mass is 10.1. The van der Waals surface area contributed by atoms with E-state index in [0.29, 0.717) is 23.6 Å².